The molecule has 0 aromatic heterocycles. The van der Waals surface area contributed by atoms with Gasteiger partial charge in [-0.1, -0.05) is 0 Å². The van der Waals surface area contributed by atoms with Crippen LogP contribution in [-0.2, 0) is 23.4 Å². The van der Waals surface area contributed by atoms with Crippen LogP contribution in [0.3, 0.4) is 0 Å². The van der Waals surface area contributed by atoms with E-state index >= 15 is 0 Å². The van der Waals surface area contributed by atoms with Gasteiger partial charge in [0.05, 0.1) is 0 Å². The predicted molar refractivity (Wildman–Crippen MR) is 45.6 cm³/mol. The van der Waals surface area contributed by atoms with Crippen LogP contribution in [0.25, 0.3) is 0 Å². The molecule has 0 rings (SSSR count). The fourth-order valence-corrected chi connectivity index (χ4v) is 1.45. The van der Waals surface area contributed by atoms with Crippen LogP contribution in [-0.4, -0.2) is 51.2 Å². The largest absolute Gasteiger partial charge is 0.376 e. The Hall–Kier alpha value is 0.0169. The Morgan fingerprint density at radius 3 is 1.50 bits per heavy atom. The van der Waals surface area contributed by atoms with Gasteiger partial charge in [0.15, 0.2) is 10.5 Å². The van der Waals surface area contributed by atoms with Crippen molar-refractivity contribution < 1.29 is 23.4 Å². The minimum atomic E-state index is -1.24. The second-order valence-electron chi connectivity index (χ2n) is 2.02. The molecule has 5 nitrogen and oxygen atoms in total. The van der Waals surface area contributed by atoms with Crippen molar-refractivity contribution >= 4 is 10.5 Å². The average molecular weight is 196 g/mol. The maximum Gasteiger partial charge on any atom is 0.326 e. The SMILES string of the molecule is COC(OC)C(OC)(OC)O[SiH3]. The number of ether oxygens (including phenoxy) is 4. The smallest absolute Gasteiger partial charge is 0.326 e. The van der Waals surface area contributed by atoms with Crippen LogP contribution < -0.4 is 0 Å². The van der Waals surface area contributed by atoms with E-state index in [0.717, 1.165) is 0 Å². The third-order valence-electron chi connectivity index (χ3n) is 1.57. The Balaban J connectivity index is 4.42. The molecule has 0 amide bonds. The molecule has 12 heavy (non-hydrogen) atoms. The fraction of sp³-hybridized carbons (Fsp3) is 1.00. The molecule has 0 atom stereocenters. The van der Waals surface area contributed by atoms with E-state index in [1.54, 1.807) is 0 Å². The molecule has 0 aromatic rings. The van der Waals surface area contributed by atoms with Gasteiger partial charge in [-0.3, -0.25) is 0 Å². The van der Waals surface area contributed by atoms with Crippen LogP contribution >= 0.6 is 0 Å². The summed E-state index contributed by atoms with van der Waals surface area (Å²) in [6.45, 7) is 0. The summed E-state index contributed by atoms with van der Waals surface area (Å²) in [7, 11) is 6.37. The summed E-state index contributed by atoms with van der Waals surface area (Å²) in [5, 5.41) is 0. The molecule has 0 saturated heterocycles. The highest BCUT2D eigenvalue weighted by atomic mass is 28.2. The molecule has 0 saturated carbocycles. The van der Waals surface area contributed by atoms with E-state index in [9.17, 15) is 0 Å². The number of rotatable bonds is 6. The predicted octanol–water partition coefficient (Wildman–Crippen LogP) is -1.15. The lowest BCUT2D eigenvalue weighted by Crippen LogP contribution is -2.50. The first kappa shape index (κ1) is 12.0. The highest BCUT2D eigenvalue weighted by Crippen LogP contribution is 2.19. The van der Waals surface area contributed by atoms with Gasteiger partial charge in [0, 0.05) is 28.4 Å². The molecule has 0 aliphatic heterocycles. The molecular formula is C6H16O5Si. The molecule has 0 aliphatic carbocycles. The molecule has 0 fully saturated rings. The van der Waals surface area contributed by atoms with Crippen LogP contribution in [0.5, 0.6) is 0 Å². The summed E-state index contributed by atoms with van der Waals surface area (Å²) in [5.74, 6) is -1.24. The van der Waals surface area contributed by atoms with Crippen molar-refractivity contribution in [1.29, 1.82) is 0 Å². The lowest BCUT2D eigenvalue weighted by atomic mass is 10.5. The van der Waals surface area contributed by atoms with Crippen molar-refractivity contribution in [2.75, 3.05) is 28.4 Å². The summed E-state index contributed by atoms with van der Waals surface area (Å²) in [4.78, 5) is 0. The third kappa shape index (κ3) is 2.25. The van der Waals surface area contributed by atoms with Crippen LogP contribution in [0.15, 0.2) is 0 Å². The minimum Gasteiger partial charge on any atom is -0.376 e. The molecule has 74 valence electrons. The molecule has 0 aliphatic rings. The summed E-state index contributed by atoms with van der Waals surface area (Å²) < 4.78 is 25.1. The zero-order valence-corrected chi connectivity index (χ0v) is 10.1. The quantitative estimate of drug-likeness (QED) is 0.396. The van der Waals surface area contributed by atoms with Gasteiger partial charge in [-0.25, -0.2) is 0 Å². The first-order chi connectivity index (χ1) is 5.70. The summed E-state index contributed by atoms with van der Waals surface area (Å²) >= 11 is 0. The molecule has 0 N–H and O–H groups in total. The first-order valence-electron chi connectivity index (χ1n) is 3.41. The van der Waals surface area contributed by atoms with Gasteiger partial charge in [-0.15, -0.1) is 0 Å². The number of hydrogen-bond acceptors (Lipinski definition) is 5. The second-order valence-corrected chi connectivity index (χ2v) is 2.43. The Bertz CT molecular complexity index is 104. The van der Waals surface area contributed by atoms with E-state index in [0.29, 0.717) is 10.5 Å². The van der Waals surface area contributed by atoms with E-state index in [2.05, 4.69) is 0 Å². The maximum absolute atomic E-state index is 5.12. The normalized spacial score (nSPS) is 12.8. The standard InChI is InChI=1S/C6H16O5Si/c1-7-5(8-2)6(9-3,10-4)11-12/h5H,1-4,12H3. The van der Waals surface area contributed by atoms with Crippen molar-refractivity contribution in [3.63, 3.8) is 0 Å². The monoisotopic (exact) mass is 196 g/mol. The summed E-state index contributed by atoms with van der Waals surface area (Å²) in [6.07, 6.45) is -0.690. The maximum atomic E-state index is 5.12. The Labute approximate surface area is 75.4 Å². The van der Waals surface area contributed by atoms with E-state index in [-0.39, 0.29) is 0 Å². The van der Waals surface area contributed by atoms with Crippen LogP contribution in [0.2, 0.25) is 0 Å². The topological polar surface area (TPSA) is 46.2 Å². The Morgan fingerprint density at radius 2 is 1.42 bits per heavy atom. The Morgan fingerprint density at radius 1 is 1.00 bits per heavy atom. The molecule has 6 heteroatoms. The van der Waals surface area contributed by atoms with Gasteiger partial charge in [0.2, 0.25) is 6.29 Å². The van der Waals surface area contributed by atoms with Gasteiger partial charge in [0.25, 0.3) is 0 Å². The molecule has 0 unspecified atom stereocenters. The highest BCUT2D eigenvalue weighted by Gasteiger charge is 2.40. The molecular weight excluding hydrogens is 180 g/mol. The van der Waals surface area contributed by atoms with E-state index < -0.39 is 12.3 Å². The van der Waals surface area contributed by atoms with E-state index in [1.807, 2.05) is 0 Å². The molecule has 0 spiro atoms. The van der Waals surface area contributed by atoms with Crippen LogP contribution in [0, 0.1) is 0 Å². The first-order valence-corrected chi connectivity index (χ1v) is 4.23. The van der Waals surface area contributed by atoms with Crippen molar-refractivity contribution in [1.82, 2.24) is 0 Å². The Kier molecular flexibility index (Phi) is 5.63. The van der Waals surface area contributed by atoms with Gasteiger partial charge < -0.3 is 23.4 Å². The zero-order valence-electron chi connectivity index (χ0n) is 8.12. The summed E-state index contributed by atoms with van der Waals surface area (Å²) in [6, 6.07) is 0. The van der Waals surface area contributed by atoms with E-state index in [1.165, 1.54) is 28.4 Å². The molecule has 0 heterocycles. The minimum absolute atomic E-state index is 0.462. The highest BCUT2D eigenvalue weighted by molar-refractivity contribution is 5.98. The van der Waals surface area contributed by atoms with Crippen molar-refractivity contribution in [3.8, 4) is 0 Å². The van der Waals surface area contributed by atoms with Gasteiger partial charge in [0.1, 0.15) is 0 Å². The van der Waals surface area contributed by atoms with E-state index in [4.69, 9.17) is 23.4 Å². The fourth-order valence-electron chi connectivity index (χ4n) is 0.924. The number of methoxy groups -OCH3 is 4. The zero-order chi connectivity index (χ0) is 9.61. The van der Waals surface area contributed by atoms with Crippen molar-refractivity contribution in [2.45, 2.75) is 12.3 Å². The van der Waals surface area contributed by atoms with Gasteiger partial charge in [-0.2, -0.15) is 0 Å². The lowest BCUT2D eigenvalue weighted by Gasteiger charge is -2.34. The van der Waals surface area contributed by atoms with Gasteiger partial charge in [-0.05, 0) is 0 Å². The molecule has 0 radical (unpaired) electrons. The van der Waals surface area contributed by atoms with Gasteiger partial charge >= 0.3 is 5.97 Å². The van der Waals surface area contributed by atoms with Crippen molar-refractivity contribution in [3.05, 3.63) is 0 Å². The average Bonchev–Trinajstić information content (AvgIpc) is 2.14. The summed E-state index contributed by atoms with van der Waals surface area (Å²) in [5.41, 5.74) is 0. The second kappa shape index (κ2) is 5.63. The lowest BCUT2D eigenvalue weighted by molar-refractivity contribution is -0.408. The third-order valence-corrected chi connectivity index (χ3v) is 2.14. The van der Waals surface area contributed by atoms with Crippen LogP contribution in [0.1, 0.15) is 0 Å². The van der Waals surface area contributed by atoms with Crippen LogP contribution in [0.4, 0.5) is 0 Å². The number of hydrogen-bond donors (Lipinski definition) is 0. The van der Waals surface area contributed by atoms with Crippen molar-refractivity contribution in [2.24, 2.45) is 0 Å². The molecule has 0 bridgehead atoms. The molecule has 0 aromatic carbocycles.